The van der Waals surface area contributed by atoms with E-state index in [0.29, 0.717) is 6.54 Å². The summed E-state index contributed by atoms with van der Waals surface area (Å²) in [6.45, 7) is 4.17. The molecule has 0 aromatic carbocycles. The van der Waals surface area contributed by atoms with Crippen molar-refractivity contribution < 1.29 is 0 Å². The summed E-state index contributed by atoms with van der Waals surface area (Å²) in [5.74, 6) is 0. The van der Waals surface area contributed by atoms with Gasteiger partial charge in [0.2, 0.25) is 0 Å². The molecule has 4 nitrogen and oxygen atoms in total. The average molecular weight is 248 g/mol. The van der Waals surface area contributed by atoms with Crippen LogP contribution in [0, 0.1) is 6.92 Å². The van der Waals surface area contributed by atoms with Gasteiger partial charge in [0.15, 0.2) is 0 Å². The van der Waals surface area contributed by atoms with E-state index >= 15 is 0 Å². The number of rotatable bonds is 5. The molecule has 0 spiro atoms. The van der Waals surface area contributed by atoms with Gasteiger partial charge in [-0.25, -0.2) is 4.98 Å². The Balaban J connectivity index is 1.85. The predicted molar refractivity (Wildman–Crippen MR) is 69.5 cm³/mol. The van der Waals surface area contributed by atoms with Gasteiger partial charge >= 0.3 is 0 Å². The summed E-state index contributed by atoms with van der Waals surface area (Å²) in [5.41, 5.74) is 7.68. The van der Waals surface area contributed by atoms with E-state index in [1.165, 1.54) is 10.4 Å². The van der Waals surface area contributed by atoms with Crippen LogP contribution in [0.5, 0.6) is 0 Å². The Morgan fingerprint density at radius 3 is 2.94 bits per heavy atom. The Bertz CT molecular complexity index is 481. The van der Waals surface area contributed by atoms with Gasteiger partial charge in [0, 0.05) is 36.9 Å². The van der Waals surface area contributed by atoms with Gasteiger partial charge in [-0.1, -0.05) is 0 Å². The molecular weight excluding hydrogens is 232 g/mol. The third-order valence-corrected chi connectivity index (χ3v) is 3.28. The first-order valence-electron chi connectivity index (χ1n) is 5.54. The maximum absolute atomic E-state index is 5.55. The summed E-state index contributed by atoms with van der Waals surface area (Å²) in [6.07, 6.45) is 3.70. The first-order chi connectivity index (χ1) is 8.28. The van der Waals surface area contributed by atoms with Gasteiger partial charge in [0.1, 0.15) is 5.01 Å². The van der Waals surface area contributed by atoms with Crippen molar-refractivity contribution in [2.75, 3.05) is 0 Å². The fourth-order valence-corrected chi connectivity index (χ4v) is 2.30. The molecule has 2 heterocycles. The molecule has 5 heteroatoms. The van der Waals surface area contributed by atoms with Crippen LogP contribution in [0.1, 0.15) is 21.1 Å². The molecule has 0 atom stereocenters. The smallest absolute Gasteiger partial charge is 0.107 e. The van der Waals surface area contributed by atoms with Crippen LogP contribution in [0.4, 0.5) is 0 Å². The SMILES string of the molecule is Cc1cnc(CNCc2ccnc(CN)c2)s1. The summed E-state index contributed by atoms with van der Waals surface area (Å²) in [5, 5.41) is 4.48. The van der Waals surface area contributed by atoms with Crippen LogP contribution in [0.2, 0.25) is 0 Å². The lowest BCUT2D eigenvalue weighted by Crippen LogP contribution is -2.13. The zero-order chi connectivity index (χ0) is 12.1. The van der Waals surface area contributed by atoms with Gasteiger partial charge < -0.3 is 11.1 Å². The molecule has 0 bridgehead atoms. The summed E-state index contributed by atoms with van der Waals surface area (Å²) < 4.78 is 0. The quantitative estimate of drug-likeness (QED) is 0.843. The van der Waals surface area contributed by atoms with Gasteiger partial charge in [0.25, 0.3) is 0 Å². The number of hydrogen-bond donors (Lipinski definition) is 2. The van der Waals surface area contributed by atoms with E-state index < -0.39 is 0 Å². The molecule has 0 amide bonds. The highest BCUT2D eigenvalue weighted by atomic mass is 32.1. The Morgan fingerprint density at radius 1 is 1.35 bits per heavy atom. The number of nitrogens with one attached hydrogen (secondary N) is 1. The predicted octanol–water partition coefficient (Wildman–Crippen LogP) is 1.60. The number of pyridine rings is 1. The number of nitrogens with zero attached hydrogens (tertiary/aromatic N) is 2. The first-order valence-corrected chi connectivity index (χ1v) is 6.35. The van der Waals surface area contributed by atoms with Crippen LogP contribution in [-0.2, 0) is 19.6 Å². The van der Waals surface area contributed by atoms with Crippen molar-refractivity contribution in [3.05, 3.63) is 45.7 Å². The molecule has 0 unspecified atom stereocenters. The van der Waals surface area contributed by atoms with Crippen LogP contribution in [-0.4, -0.2) is 9.97 Å². The standard InChI is InChI=1S/C12H16N4S/c1-9-6-16-12(17-9)8-14-7-10-2-3-15-11(4-10)5-13/h2-4,6,14H,5,7-8,13H2,1H3. The molecule has 2 aromatic rings. The lowest BCUT2D eigenvalue weighted by atomic mass is 10.2. The molecule has 0 aliphatic heterocycles. The van der Waals surface area contributed by atoms with E-state index in [0.717, 1.165) is 23.8 Å². The molecule has 3 N–H and O–H groups in total. The van der Waals surface area contributed by atoms with E-state index in [4.69, 9.17) is 5.73 Å². The highest BCUT2D eigenvalue weighted by Gasteiger charge is 1.99. The van der Waals surface area contributed by atoms with Gasteiger partial charge in [0.05, 0.1) is 5.69 Å². The molecule has 2 aromatic heterocycles. The number of aryl methyl sites for hydroxylation is 1. The summed E-state index contributed by atoms with van der Waals surface area (Å²) in [7, 11) is 0. The second kappa shape index (κ2) is 5.86. The maximum Gasteiger partial charge on any atom is 0.107 e. The second-order valence-corrected chi connectivity index (χ2v) is 5.15. The number of aromatic nitrogens is 2. The van der Waals surface area contributed by atoms with Crippen LogP contribution < -0.4 is 11.1 Å². The Morgan fingerprint density at radius 2 is 2.24 bits per heavy atom. The minimum absolute atomic E-state index is 0.486. The fourth-order valence-electron chi connectivity index (χ4n) is 1.55. The molecule has 0 saturated heterocycles. The van der Waals surface area contributed by atoms with Crippen molar-refractivity contribution in [3.8, 4) is 0 Å². The molecule has 0 saturated carbocycles. The summed E-state index contributed by atoms with van der Waals surface area (Å²) in [6, 6.07) is 4.03. The molecule has 0 radical (unpaired) electrons. The van der Waals surface area contributed by atoms with Gasteiger partial charge in [-0.2, -0.15) is 0 Å². The normalized spacial score (nSPS) is 10.7. The van der Waals surface area contributed by atoms with Crippen molar-refractivity contribution in [1.29, 1.82) is 0 Å². The van der Waals surface area contributed by atoms with Crippen LogP contribution >= 0.6 is 11.3 Å². The third kappa shape index (κ3) is 3.59. The largest absolute Gasteiger partial charge is 0.325 e. The van der Waals surface area contributed by atoms with Gasteiger partial charge in [-0.3, -0.25) is 4.98 Å². The van der Waals surface area contributed by atoms with E-state index in [1.807, 2.05) is 18.3 Å². The average Bonchev–Trinajstić information content (AvgIpc) is 2.75. The van der Waals surface area contributed by atoms with Gasteiger partial charge in [-0.15, -0.1) is 11.3 Å². The minimum atomic E-state index is 0.486. The van der Waals surface area contributed by atoms with E-state index in [-0.39, 0.29) is 0 Å². The maximum atomic E-state index is 5.55. The first kappa shape index (κ1) is 12.2. The minimum Gasteiger partial charge on any atom is -0.325 e. The zero-order valence-corrected chi connectivity index (χ0v) is 10.6. The second-order valence-electron chi connectivity index (χ2n) is 3.83. The molecule has 17 heavy (non-hydrogen) atoms. The lowest BCUT2D eigenvalue weighted by molar-refractivity contribution is 0.688. The van der Waals surface area contributed by atoms with Gasteiger partial charge in [-0.05, 0) is 24.6 Å². The summed E-state index contributed by atoms with van der Waals surface area (Å²) >= 11 is 1.72. The third-order valence-electron chi connectivity index (χ3n) is 2.36. The molecular formula is C12H16N4S. The van der Waals surface area contributed by atoms with Crippen LogP contribution in [0.15, 0.2) is 24.5 Å². The van der Waals surface area contributed by atoms with Crippen molar-refractivity contribution in [2.24, 2.45) is 5.73 Å². The highest BCUT2D eigenvalue weighted by Crippen LogP contribution is 2.10. The lowest BCUT2D eigenvalue weighted by Gasteiger charge is -2.04. The Kier molecular flexibility index (Phi) is 4.19. The van der Waals surface area contributed by atoms with E-state index in [1.54, 1.807) is 17.5 Å². The Labute approximate surface area is 105 Å². The Hall–Kier alpha value is -1.30. The summed E-state index contributed by atoms with van der Waals surface area (Å²) in [4.78, 5) is 9.72. The monoisotopic (exact) mass is 248 g/mol. The van der Waals surface area contributed by atoms with Crippen molar-refractivity contribution in [2.45, 2.75) is 26.6 Å². The van der Waals surface area contributed by atoms with Crippen molar-refractivity contribution >= 4 is 11.3 Å². The molecule has 2 rings (SSSR count). The van der Waals surface area contributed by atoms with E-state index in [9.17, 15) is 0 Å². The van der Waals surface area contributed by atoms with E-state index in [2.05, 4.69) is 22.2 Å². The number of thiazole rings is 1. The van der Waals surface area contributed by atoms with Crippen molar-refractivity contribution in [3.63, 3.8) is 0 Å². The molecule has 0 aliphatic carbocycles. The zero-order valence-electron chi connectivity index (χ0n) is 9.81. The molecule has 0 aliphatic rings. The fraction of sp³-hybridized carbons (Fsp3) is 0.333. The van der Waals surface area contributed by atoms with Crippen LogP contribution in [0.3, 0.4) is 0 Å². The topological polar surface area (TPSA) is 63.8 Å². The van der Waals surface area contributed by atoms with Crippen molar-refractivity contribution in [1.82, 2.24) is 15.3 Å². The highest BCUT2D eigenvalue weighted by molar-refractivity contribution is 7.11. The molecule has 90 valence electrons. The van der Waals surface area contributed by atoms with Crippen LogP contribution in [0.25, 0.3) is 0 Å². The number of hydrogen-bond acceptors (Lipinski definition) is 5. The number of nitrogens with two attached hydrogens (primary N) is 1. The molecule has 0 fully saturated rings.